The van der Waals surface area contributed by atoms with E-state index >= 15 is 0 Å². The van der Waals surface area contributed by atoms with Gasteiger partial charge in [-0.25, -0.2) is 0 Å². The minimum atomic E-state index is -0.406. The van der Waals surface area contributed by atoms with Gasteiger partial charge in [-0.05, 0) is 62.4 Å². The fourth-order valence-corrected chi connectivity index (χ4v) is 4.04. The molecule has 0 heterocycles. The molecule has 6 nitrogen and oxygen atoms in total. The summed E-state index contributed by atoms with van der Waals surface area (Å²) in [4.78, 5) is 12.1. The van der Waals surface area contributed by atoms with Crippen LogP contribution in [0, 0.1) is 11.8 Å². The highest BCUT2D eigenvalue weighted by Crippen LogP contribution is 2.35. The molecule has 0 bridgehead atoms. The predicted molar refractivity (Wildman–Crippen MR) is 130 cm³/mol. The summed E-state index contributed by atoms with van der Waals surface area (Å²) in [5.74, 6) is 7.16. The molecule has 3 rings (SSSR count). The van der Waals surface area contributed by atoms with E-state index in [-0.39, 0.29) is 24.4 Å². The Morgan fingerprint density at radius 1 is 1.00 bits per heavy atom. The molecule has 2 aromatic carbocycles. The lowest BCUT2D eigenvalue weighted by molar-refractivity contribution is -0.140. The fraction of sp³-hybridized carbons (Fsp3) is 0.464. The van der Waals surface area contributed by atoms with Gasteiger partial charge in [0.2, 0.25) is 0 Å². The SMILES string of the molecule is CCO[C@H](OC)c1ccc(C#CC(CC(=O)OC)c2ccc(OC)c(OC3CCCC3)c2)cc1. The summed E-state index contributed by atoms with van der Waals surface area (Å²) in [6.45, 7) is 2.49. The van der Waals surface area contributed by atoms with E-state index < -0.39 is 6.29 Å². The number of hydrogen-bond donors (Lipinski definition) is 0. The van der Waals surface area contributed by atoms with Crippen LogP contribution in [-0.4, -0.2) is 40.0 Å². The van der Waals surface area contributed by atoms with Crippen molar-refractivity contribution in [2.75, 3.05) is 27.9 Å². The van der Waals surface area contributed by atoms with Gasteiger partial charge in [0, 0.05) is 24.8 Å². The second-order valence-electron chi connectivity index (χ2n) is 8.18. The van der Waals surface area contributed by atoms with Gasteiger partial charge in [-0.3, -0.25) is 4.79 Å². The van der Waals surface area contributed by atoms with Crippen molar-refractivity contribution >= 4 is 5.97 Å². The Morgan fingerprint density at radius 2 is 1.71 bits per heavy atom. The third kappa shape index (κ3) is 6.99. The maximum Gasteiger partial charge on any atom is 0.307 e. The number of benzene rings is 2. The van der Waals surface area contributed by atoms with Gasteiger partial charge in [0.05, 0.1) is 32.7 Å². The van der Waals surface area contributed by atoms with E-state index in [4.69, 9.17) is 23.7 Å². The number of ether oxygens (including phenoxy) is 5. The first-order valence-corrected chi connectivity index (χ1v) is 11.7. The lowest BCUT2D eigenvalue weighted by atomic mass is 9.95. The second-order valence-corrected chi connectivity index (χ2v) is 8.18. The van der Waals surface area contributed by atoms with Gasteiger partial charge in [-0.2, -0.15) is 0 Å². The monoisotopic (exact) mass is 466 g/mol. The van der Waals surface area contributed by atoms with Crippen LogP contribution in [0.5, 0.6) is 11.5 Å². The number of carbonyl (C=O) groups is 1. The zero-order valence-electron chi connectivity index (χ0n) is 20.5. The Morgan fingerprint density at radius 3 is 2.32 bits per heavy atom. The third-order valence-electron chi connectivity index (χ3n) is 5.89. The van der Waals surface area contributed by atoms with Gasteiger partial charge in [0.25, 0.3) is 0 Å². The predicted octanol–water partition coefficient (Wildman–Crippen LogP) is 5.40. The van der Waals surface area contributed by atoms with Crippen LogP contribution in [0.15, 0.2) is 42.5 Å². The van der Waals surface area contributed by atoms with Crippen LogP contribution in [0.25, 0.3) is 0 Å². The third-order valence-corrected chi connectivity index (χ3v) is 5.89. The average molecular weight is 467 g/mol. The first-order chi connectivity index (χ1) is 16.6. The average Bonchev–Trinajstić information content (AvgIpc) is 3.38. The highest BCUT2D eigenvalue weighted by Gasteiger charge is 2.21. The molecule has 0 radical (unpaired) electrons. The highest BCUT2D eigenvalue weighted by atomic mass is 16.7. The van der Waals surface area contributed by atoms with E-state index in [2.05, 4.69) is 11.8 Å². The van der Waals surface area contributed by atoms with Gasteiger partial charge in [-0.15, -0.1) is 0 Å². The highest BCUT2D eigenvalue weighted by molar-refractivity contribution is 5.71. The van der Waals surface area contributed by atoms with Crippen molar-refractivity contribution in [1.82, 2.24) is 0 Å². The Bertz CT molecular complexity index is 982. The molecule has 182 valence electrons. The first-order valence-electron chi connectivity index (χ1n) is 11.7. The molecule has 2 aromatic rings. The van der Waals surface area contributed by atoms with Gasteiger partial charge < -0.3 is 23.7 Å². The molecular formula is C28H34O6. The van der Waals surface area contributed by atoms with Crippen LogP contribution in [-0.2, 0) is 19.0 Å². The normalized spacial score (nSPS) is 15.2. The zero-order valence-corrected chi connectivity index (χ0v) is 20.5. The van der Waals surface area contributed by atoms with Crippen molar-refractivity contribution in [3.8, 4) is 23.3 Å². The summed E-state index contributed by atoms with van der Waals surface area (Å²) in [7, 11) is 4.63. The Labute approximate surface area is 202 Å². The van der Waals surface area contributed by atoms with Crippen molar-refractivity contribution in [3.05, 3.63) is 59.2 Å². The molecule has 0 spiro atoms. The lowest BCUT2D eigenvalue weighted by Crippen LogP contribution is -2.12. The van der Waals surface area contributed by atoms with E-state index in [1.54, 1.807) is 14.2 Å². The number of carbonyl (C=O) groups excluding carboxylic acids is 1. The molecule has 0 saturated heterocycles. The van der Waals surface area contributed by atoms with Crippen LogP contribution < -0.4 is 9.47 Å². The molecule has 0 aromatic heterocycles. The van der Waals surface area contributed by atoms with Gasteiger partial charge >= 0.3 is 5.97 Å². The van der Waals surface area contributed by atoms with Crippen LogP contribution >= 0.6 is 0 Å². The van der Waals surface area contributed by atoms with Crippen molar-refractivity contribution in [2.45, 2.75) is 57.3 Å². The Hall–Kier alpha value is -3.01. The standard InChI is InChI=1S/C28H34O6/c1-5-33-28(32-4)21-13-10-20(11-14-21)12-15-23(19-27(29)31-3)22-16-17-25(30-2)26(18-22)34-24-8-6-7-9-24/h10-11,13-14,16-18,23-24,28H,5-9,19H2,1-4H3/t23?,28-/m0/s1. The van der Waals surface area contributed by atoms with Crippen LogP contribution in [0.3, 0.4) is 0 Å². The fourth-order valence-electron chi connectivity index (χ4n) is 4.04. The molecule has 1 aliphatic carbocycles. The molecule has 0 aliphatic heterocycles. The first kappa shape index (κ1) is 25.6. The Balaban J connectivity index is 1.85. The van der Waals surface area contributed by atoms with Crippen molar-refractivity contribution in [1.29, 1.82) is 0 Å². The van der Waals surface area contributed by atoms with Crippen molar-refractivity contribution < 1.29 is 28.5 Å². The van der Waals surface area contributed by atoms with E-state index in [0.29, 0.717) is 18.1 Å². The lowest BCUT2D eigenvalue weighted by Gasteiger charge is -2.18. The number of esters is 1. The number of rotatable bonds is 10. The van der Waals surface area contributed by atoms with Gasteiger partial charge in [0.15, 0.2) is 17.8 Å². The molecule has 1 fully saturated rings. The number of methoxy groups -OCH3 is 3. The van der Waals surface area contributed by atoms with Crippen LogP contribution in [0.4, 0.5) is 0 Å². The topological polar surface area (TPSA) is 63.2 Å². The quantitative estimate of drug-likeness (QED) is 0.266. The largest absolute Gasteiger partial charge is 0.493 e. The van der Waals surface area contributed by atoms with Crippen LogP contribution in [0.1, 0.15) is 67.9 Å². The molecular weight excluding hydrogens is 432 g/mol. The summed E-state index contributed by atoms with van der Waals surface area (Å²) in [5.41, 5.74) is 2.64. The molecule has 0 N–H and O–H groups in total. The van der Waals surface area contributed by atoms with E-state index in [1.807, 2.05) is 49.4 Å². The smallest absolute Gasteiger partial charge is 0.307 e. The summed E-state index contributed by atoms with van der Waals surface area (Å²) in [6.07, 6.45) is 4.38. The van der Waals surface area contributed by atoms with E-state index in [0.717, 1.165) is 29.5 Å². The van der Waals surface area contributed by atoms with Gasteiger partial charge in [-0.1, -0.05) is 30.0 Å². The number of hydrogen-bond acceptors (Lipinski definition) is 6. The van der Waals surface area contributed by atoms with Crippen molar-refractivity contribution in [2.24, 2.45) is 0 Å². The summed E-state index contributed by atoms with van der Waals surface area (Å²) in [5, 5.41) is 0. The summed E-state index contributed by atoms with van der Waals surface area (Å²) >= 11 is 0. The Kier molecular flexibility index (Phi) is 9.81. The molecule has 0 amide bonds. The molecule has 6 heteroatoms. The molecule has 34 heavy (non-hydrogen) atoms. The van der Waals surface area contributed by atoms with Crippen LogP contribution in [0.2, 0.25) is 0 Å². The maximum absolute atomic E-state index is 12.1. The van der Waals surface area contributed by atoms with Crippen molar-refractivity contribution in [3.63, 3.8) is 0 Å². The minimum absolute atomic E-state index is 0.146. The van der Waals surface area contributed by atoms with Gasteiger partial charge in [0.1, 0.15) is 0 Å². The molecule has 2 atom stereocenters. The van der Waals surface area contributed by atoms with E-state index in [1.165, 1.54) is 20.0 Å². The molecule has 1 unspecified atom stereocenters. The maximum atomic E-state index is 12.1. The van der Waals surface area contributed by atoms with E-state index in [9.17, 15) is 4.79 Å². The minimum Gasteiger partial charge on any atom is -0.493 e. The summed E-state index contributed by atoms with van der Waals surface area (Å²) < 4.78 is 27.6. The zero-order chi connectivity index (χ0) is 24.3. The molecule has 1 aliphatic rings. The summed E-state index contributed by atoms with van der Waals surface area (Å²) in [6, 6.07) is 13.5. The molecule has 1 saturated carbocycles. The second kappa shape index (κ2) is 13.0.